The Bertz CT molecular complexity index is 435. The predicted octanol–water partition coefficient (Wildman–Crippen LogP) is 2.20. The first-order valence-corrected chi connectivity index (χ1v) is 5.19. The Morgan fingerprint density at radius 2 is 1.88 bits per heavy atom. The molecule has 0 radical (unpaired) electrons. The summed E-state index contributed by atoms with van der Waals surface area (Å²) in [6.45, 7) is 1.95. The van der Waals surface area contributed by atoms with Gasteiger partial charge in [0, 0.05) is 6.08 Å². The fourth-order valence-corrected chi connectivity index (χ4v) is 1.53. The fourth-order valence-electron chi connectivity index (χ4n) is 1.53. The van der Waals surface area contributed by atoms with E-state index in [9.17, 15) is 4.79 Å². The minimum Gasteiger partial charge on any atom is -0.493 e. The molecular formula is C13H16O4. The molecule has 1 aromatic carbocycles. The van der Waals surface area contributed by atoms with Crippen LogP contribution in [0.2, 0.25) is 0 Å². The lowest BCUT2D eigenvalue weighted by Gasteiger charge is -2.11. The summed E-state index contributed by atoms with van der Waals surface area (Å²) in [5.41, 5.74) is 2.05. The van der Waals surface area contributed by atoms with Crippen molar-refractivity contribution in [3.05, 3.63) is 35.4 Å². The van der Waals surface area contributed by atoms with Crippen LogP contribution in [0.3, 0.4) is 0 Å². The molecule has 0 saturated carbocycles. The molecule has 0 spiro atoms. The van der Waals surface area contributed by atoms with Crippen LogP contribution in [0.25, 0.3) is 0 Å². The van der Waals surface area contributed by atoms with Crippen molar-refractivity contribution in [3.8, 4) is 11.5 Å². The van der Waals surface area contributed by atoms with Crippen molar-refractivity contribution >= 4 is 5.97 Å². The van der Waals surface area contributed by atoms with Crippen LogP contribution in [0.4, 0.5) is 0 Å². The molecule has 4 nitrogen and oxygen atoms in total. The number of benzene rings is 1. The zero-order valence-corrected chi connectivity index (χ0v) is 10.2. The number of carboxylic acid groups (broad SMARTS) is 1. The summed E-state index contributed by atoms with van der Waals surface area (Å²) in [5, 5.41) is 8.51. The molecule has 0 bridgehead atoms. The Morgan fingerprint density at radius 3 is 2.41 bits per heavy atom. The quantitative estimate of drug-likeness (QED) is 0.796. The molecule has 0 heterocycles. The molecule has 1 N–H and O–H groups in total. The third kappa shape index (κ3) is 3.52. The van der Waals surface area contributed by atoms with Crippen molar-refractivity contribution in [1.29, 1.82) is 0 Å². The second-order valence-corrected chi connectivity index (χ2v) is 3.58. The third-order valence-corrected chi connectivity index (χ3v) is 2.44. The van der Waals surface area contributed by atoms with E-state index in [-0.39, 0.29) is 0 Å². The van der Waals surface area contributed by atoms with Gasteiger partial charge in [0.15, 0.2) is 11.5 Å². The van der Waals surface area contributed by atoms with Crippen molar-refractivity contribution < 1.29 is 19.4 Å². The van der Waals surface area contributed by atoms with Gasteiger partial charge in [0.2, 0.25) is 0 Å². The maximum atomic E-state index is 10.4. The summed E-state index contributed by atoms with van der Waals surface area (Å²) in [6, 6.07) is 3.74. The van der Waals surface area contributed by atoms with Gasteiger partial charge in [-0.2, -0.15) is 0 Å². The van der Waals surface area contributed by atoms with Crippen molar-refractivity contribution in [2.45, 2.75) is 13.3 Å². The molecule has 1 aromatic rings. The van der Waals surface area contributed by atoms with E-state index in [2.05, 4.69) is 0 Å². The van der Waals surface area contributed by atoms with Gasteiger partial charge in [-0.3, -0.25) is 0 Å². The zero-order valence-electron chi connectivity index (χ0n) is 10.2. The van der Waals surface area contributed by atoms with Crippen LogP contribution >= 0.6 is 0 Å². The van der Waals surface area contributed by atoms with Crippen molar-refractivity contribution in [2.24, 2.45) is 0 Å². The molecule has 0 aromatic heterocycles. The molecule has 0 fully saturated rings. The van der Waals surface area contributed by atoms with E-state index in [1.807, 2.05) is 19.1 Å². The van der Waals surface area contributed by atoms with Crippen LogP contribution in [0.1, 0.15) is 11.1 Å². The molecule has 4 heteroatoms. The molecule has 0 unspecified atom stereocenters. The van der Waals surface area contributed by atoms with E-state index in [1.54, 1.807) is 20.3 Å². The SMILES string of the molecule is COc1cc(C)c(C/C=C/C(=O)O)cc1OC. The number of methoxy groups -OCH3 is 2. The Morgan fingerprint density at radius 1 is 1.29 bits per heavy atom. The molecule has 0 saturated heterocycles. The van der Waals surface area contributed by atoms with Gasteiger partial charge in [-0.15, -0.1) is 0 Å². The number of rotatable bonds is 5. The van der Waals surface area contributed by atoms with Crippen molar-refractivity contribution in [3.63, 3.8) is 0 Å². The van der Waals surface area contributed by atoms with E-state index in [1.165, 1.54) is 0 Å². The lowest BCUT2D eigenvalue weighted by atomic mass is 10.0. The number of hydrogen-bond acceptors (Lipinski definition) is 3. The van der Waals surface area contributed by atoms with Crippen molar-refractivity contribution in [1.82, 2.24) is 0 Å². The first-order valence-electron chi connectivity index (χ1n) is 5.19. The number of aryl methyl sites for hydroxylation is 1. The maximum absolute atomic E-state index is 10.4. The monoisotopic (exact) mass is 236 g/mol. The number of allylic oxidation sites excluding steroid dienone is 1. The van der Waals surface area contributed by atoms with E-state index < -0.39 is 5.97 Å². The number of aliphatic carboxylic acids is 1. The van der Waals surface area contributed by atoms with Crippen LogP contribution in [0.5, 0.6) is 11.5 Å². The first-order chi connectivity index (χ1) is 8.08. The summed E-state index contributed by atoms with van der Waals surface area (Å²) in [4.78, 5) is 10.4. The first kappa shape index (κ1) is 13.1. The average molecular weight is 236 g/mol. The van der Waals surface area contributed by atoms with Gasteiger partial charge in [0.05, 0.1) is 14.2 Å². The molecule has 0 aliphatic rings. The van der Waals surface area contributed by atoms with E-state index >= 15 is 0 Å². The lowest BCUT2D eigenvalue weighted by molar-refractivity contribution is -0.131. The summed E-state index contributed by atoms with van der Waals surface area (Å²) < 4.78 is 10.4. The minimum atomic E-state index is -0.942. The van der Waals surface area contributed by atoms with E-state index in [0.717, 1.165) is 17.2 Å². The normalized spacial score (nSPS) is 10.5. The second-order valence-electron chi connectivity index (χ2n) is 3.58. The third-order valence-electron chi connectivity index (χ3n) is 2.44. The van der Waals surface area contributed by atoms with Crippen LogP contribution in [-0.2, 0) is 11.2 Å². The lowest BCUT2D eigenvalue weighted by Crippen LogP contribution is -1.95. The predicted molar refractivity (Wildman–Crippen MR) is 64.8 cm³/mol. The Kier molecular flexibility index (Phi) is 4.57. The topological polar surface area (TPSA) is 55.8 Å². The smallest absolute Gasteiger partial charge is 0.327 e. The number of carboxylic acids is 1. The summed E-state index contributed by atoms with van der Waals surface area (Å²) in [5.74, 6) is 0.385. The second kappa shape index (κ2) is 5.94. The summed E-state index contributed by atoms with van der Waals surface area (Å²) in [7, 11) is 3.16. The van der Waals surface area contributed by atoms with Crippen LogP contribution in [0, 0.1) is 6.92 Å². The Labute approximate surface area is 100 Å². The molecule has 1 rings (SSSR count). The van der Waals surface area contributed by atoms with Crippen LogP contribution < -0.4 is 9.47 Å². The molecule has 0 aliphatic heterocycles. The highest BCUT2D eigenvalue weighted by Crippen LogP contribution is 2.30. The molecule has 92 valence electrons. The van der Waals surface area contributed by atoms with Gasteiger partial charge in [0.25, 0.3) is 0 Å². The van der Waals surface area contributed by atoms with Crippen LogP contribution in [-0.4, -0.2) is 25.3 Å². The van der Waals surface area contributed by atoms with Gasteiger partial charge in [-0.05, 0) is 36.6 Å². The van der Waals surface area contributed by atoms with Gasteiger partial charge < -0.3 is 14.6 Å². The van der Waals surface area contributed by atoms with Gasteiger partial charge in [-0.1, -0.05) is 6.08 Å². The number of hydrogen-bond donors (Lipinski definition) is 1. The summed E-state index contributed by atoms with van der Waals surface area (Å²) in [6.07, 6.45) is 3.30. The highest BCUT2D eigenvalue weighted by molar-refractivity contribution is 5.79. The molecule has 17 heavy (non-hydrogen) atoms. The van der Waals surface area contributed by atoms with Gasteiger partial charge in [-0.25, -0.2) is 4.79 Å². The zero-order chi connectivity index (χ0) is 12.8. The van der Waals surface area contributed by atoms with Gasteiger partial charge >= 0.3 is 5.97 Å². The minimum absolute atomic E-state index is 0.554. The average Bonchev–Trinajstić information content (AvgIpc) is 2.30. The van der Waals surface area contributed by atoms with Gasteiger partial charge in [0.1, 0.15) is 0 Å². The number of carbonyl (C=O) groups is 1. The fraction of sp³-hybridized carbons (Fsp3) is 0.308. The highest BCUT2D eigenvalue weighted by atomic mass is 16.5. The molecule has 0 aliphatic carbocycles. The molecule has 0 amide bonds. The number of ether oxygens (including phenoxy) is 2. The maximum Gasteiger partial charge on any atom is 0.327 e. The molecule has 0 atom stereocenters. The van der Waals surface area contributed by atoms with Crippen LogP contribution in [0.15, 0.2) is 24.3 Å². The highest BCUT2D eigenvalue weighted by Gasteiger charge is 2.07. The van der Waals surface area contributed by atoms with E-state index in [0.29, 0.717) is 17.9 Å². The van der Waals surface area contributed by atoms with Crippen molar-refractivity contribution in [2.75, 3.05) is 14.2 Å². The molecular weight excluding hydrogens is 220 g/mol. The Hall–Kier alpha value is -1.97. The Balaban J connectivity index is 2.96. The van der Waals surface area contributed by atoms with E-state index in [4.69, 9.17) is 14.6 Å². The summed E-state index contributed by atoms with van der Waals surface area (Å²) >= 11 is 0. The standard InChI is InChI=1S/C13H16O4/c1-9-7-11(16-2)12(17-3)8-10(9)5-4-6-13(14)15/h4,6-8H,5H2,1-3H3,(H,14,15)/b6-4+. The largest absolute Gasteiger partial charge is 0.493 e.